The Morgan fingerprint density at radius 1 is 1.25 bits per heavy atom. The maximum absolute atomic E-state index is 12.1. The number of hydrogen-bond donors (Lipinski definition) is 2. The topological polar surface area (TPSA) is 41.1 Å². The van der Waals surface area contributed by atoms with Gasteiger partial charge in [0.2, 0.25) is 0 Å². The van der Waals surface area contributed by atoms with E-state index in [0.717, 1.165) is 21.8 Å². The lowest BCUT2D eigenvalue weighted by Crippen LogP contribution is -2.19. The molecule has 0 fully saturated rings. The summed E-state index contributed by atoms with van der Waals surface area (Å²) in [6.07, 6.45) is 2.01. The molecule has 0 radical (unpaired) electrons. The molecule has 1 unspecified atom stereocenters. The minimum absolute atomic E-state index is 0.0572. The third-order valence-electron chi connectivity index (χ3n) is 3.25. The van der Waals surface area contributed by atoms with Gasteiger partial charge in [-0.3, -0.25) is 4.79 Å². The Balaban J connectivity index is 1.96. The first kappa shape index (κ1) is 13.3. The second-order valence-corrected chi connectivity index (χ2v) is 5.78. The van der Waals surface area contributed by atoms with Crippen LogP contribution in [0.1, 0.15) is 11.6 Å². The maximum Gasteiger partial charge on any atom is 0.251 e. The second kappa shape index (κ2) is 5.38. The lowest BCUT2D eigenvalue weighted by molar-refractivity contribution is -0.116. The molecule has 0 spiro atoms. The van der Waals surface area contributed by atoms with Gasteiger partial charge < -0.3 is 10.6 Å². The Morgan fingerprint density at radius 2 is 2.05 bits per heavy atom. The van der Waals surface area contributed by atoms with Crippen molar-refractivity contribution in [2.24, 2.45) is 0 Å². The molecule has 2 aromatic carbocycles. The molecular formula is C15H13ClN2OS. The first-order chi connectivity index (χ1) is 9.69. The fourth-order valence-electron chi connectivity index (χ4n) is 2.30. The van der Waals surface area contributed by atoms with E-state index in [0.29, 0.717) is 5.02 Å². The average Bonchev–Trinajstić information content (AvgIpc) is 2.76. The predicted molar refractivity (Wildman–Crippen MR) is 84.7 cm³/mol. The summed E-state index contributed by atoms with van der Waals surface area (Å²) in [6.45, 7) is 0. The van der Waals surface area contributed by atoms with E-state index in [1.807, 2.05) is 42.7 Å². The lowest BCUT2D eigenvalue weighted by Gasteiger charge is -2.15. The van der Waals surface area contributed by atoms with Gasteiger partial charge in [-0.1, -0.05) is 23.7 Å². The van der Waals surface area contributed by atoms with Crippen molar-refractivity contribution in [3.05, 3.63) is 53.1 Å². The zero-order valence-electron chi connectivity index (χ0n) is 10.8. The van der Waals surface area contributed by atoms with Gasteiger partial charge in [-0.25, -0.2) is 0 Å². The number of nitrogens with one attached hydrogen (secondary N) is 2. The molecule has 20 heavy (non-hydrogen) atoms. The van der Waals surface area contributed by atoms with Gasteiger partial charge in [0.05, 0.1) is 0 Å². The molecule has 5 heteroatoms. The Hall–Kier alpha value is -1.65. The molecule has 1 atom stereocenters. The number of carbonyl (C=O) groups is 1. The Bertz CT molecular complexity index is 675. The van der Waals surface area contributed by atoms with E-state index < -0.39 is 6.04 Å². The van der Waals surface area contributed by atoms with Crippen LogP contribution >= 0.6 is 23.4 Å². The fourth-order valence-corrected chi connectivity index (χ4v) is 3.04. The van der Waals surface area contributed by atoms with Crippen molar-refractivity contribution >= 4 is 40.6 Å². The minimum Gasteiger partial charge on any atom is -0.369 e. The zero-order chi connectivity index (χ0) is 14.1. The lowest BCUT2D eigenvalue weighted by atomic mass is 10.1. The molecule has 2 aromatic rings. The van der Waals surface area contributed by atoms with E-state index in [1.165, 1.54) is 0 Å². The first-order valence-electron chi connectivity index (χ1n) is 6.19. The van der Waals surface area contributed by atoms with Crippen LogP contribution in [0.3, 0.4) is 0 Å². The van der Waals surface area contributed by atoms with E-state index >= 15 is 0 Å². The highest BCUT2D eigenvalue weighted by Crippen LogP contribution is 2.36. The molecule has 0 aliphatic carbocycles. The summed E-state index contributed by atoms with van der Waals surface area (Å²) < 4.78 is 0. The molecule has 0 aromatic heterocycles. The average molecular weight is 305 g/mol. The Morgan fingerprint density at radius 3 is 2.85 bits per heavy atom. The minimum atomic E-state index is -0.406. The van der Waals surface area contributed by atoms with Crippen LogP contribution in [0.2, 0.25) is 5.02 Å². The quantitative estimate of drug-likeness (QED) is 0.836. The fraction of sp³-hybridized carbons (Fsp3) is 0.133. The van der Waals surface area contributed by atoms with E-state index in [4.69, 9.17) is 11.6 Å². The van der Waals surface area contributed by atoms with Crippen molar-refractivity contribution in [1.82, 2.24) is 0 Å². The van der Waals surface area contributed by atoms with Crippen molar-refractivity contribution in [1.29, 1.82) is 0 Å². The van der Waals surface area contributed by atoms with Crippen LogP contribution in [0.4, 0.5) is 11.4 Å². The Labute approximate surface area is 126 Å². The summed E-state index contributed by atoms with van der Waals surface area (Å²) in [5, 5.41) is 6.80. The van der Waals surface area contributed by atoms with Crippen LogP contribution in [0, 0.1) is 0 Å². The van der Waals surface area contributed by atoms with Crippen LogP contribution in [0.5, 0.6) is 0 Å². The van der Waals surface area contributed by atoms with Gasteiger partial charge in [0.1, 0.15) is 6.04 Å². The number of fused-ring (bicyclic) bond motifs is 1. The smallest absolute Gasteiger partial charge is 0.251 e. The molecule has 2 N–H and O–H groups in total. The molecule has 102 valence electrons. The van der Waals surface area contributed by atoms with Gasteiger partial charge in [-0.05, 0) is 36.6 Å². The van der Waals surface area contributed by atoms with Crippen molar-refractivity contribution in [3.63, 3.8) is 0 Å². The van der Waals surface area contributed by atoms with Crippen molar-refractivity contribution in [2.75, 3.05) is 16.9 Å². The molecule has 1 heterocycles. The number of anilines is 2. The third-order valence-corrected chi connectivity index (χ3v) is 4.28. The van der Waals surface area contributed by atoms with Crippen molar-refractivity contribution in [3.8, 4) is 0 Å². The molecule has 0 saturated heterocycles. The molecule has 3 rings (SSSR count). The highest BCUT2D eigenvalue weighted by Gasteiger charge is 2.30. The van der Waals surface area contributed by atoms with E-state index in [2.05, 4.69) is 10.6 Å². The van der Waals surface area contributed by atoms with Gasteiger partial charge in [-0.2, -0.15) is 0 Å². The SMILES string of the molecule is CSc1ccccc1NC1C(=O)Nc2ccc(Cl)cc21. The molecule has 1 aliphatic rings. The number of para-hydroxylation sites is 1. The second-order valence-electron chi connectivity index (χ2n) is 4.50. The third kappa shape index (κ3) is 2.37. The molecule has 1 aliphatic heterocycles. The van der Waals surface area contributed by atoms with Crippen LogP contribution in [-0.2, 0) is 4.79 Å². The van der Waals surface area contributed by atoms with Crippen LogP contribution in [0.25, 0.3) is 0 Å². The van der Waals surface area contributed by atoms with Crippen LogP contribution in [0.15, 0.2) is 47.4 Å². The maximum atomic E-state index is 12.1. The largest absolute Gasteiger partial charge is 0.369 e. The van der Waals surface area contributed by atoms with Crippen LogP contribution in [-0.4, -0.2) is 12.2 Å². The van der Waals surface area contributed by atoms with Crippen molar-refractivity contribution < 1.29 is 4.79 Å². The van der Waals surface area contributed by atoms with Gasteiger partial charge in [-0.15, -0.1) is 11.8 Å². The van der Waals surface area contributed by atoms with Crippen LogP contribution < -0.4 is 10.6 Å². The zero-order valence-corrected chi connectivity index (χ0v) is 12.4. The highest BCUT2D eigenvalue weighted by molar-refractivity contribution is 7.98. The van der Waals surface area contributed by atoms with E-state index in [9.17, 15) is 4.79 Å². The number of amides is 1. The van der Waals surface area contributed by atoms with Crippen molar-refractivity contribution in [2.45, 2.75) is 10.9 Å². The highest BCUT2D eigenvalue weighted by atomic mass is 35.5. The summed E-state index contributed by atoms with van der Waals surface area (Å²) in [4.78, 5) is 13.2. The van der Waals surface area contributed by atoms with Gasteiger partial charge >= 0.3 is 0 Å². The number of halogens is 1. The molecule has 0 saturated carbocycles. The number of hydrogen-bond acceptors (Lipinski definition) is 3. The molecule has 0 bridgehead atoms. The van der Waals surface area contributed by atoms with E-state index in [-0.39, 0.29) is 5.91 Å². The summed E-state index contributed by atoms with van der Waals surface area (Å²) >= 11 is 7.67. The normalized spacial score (nSPS) is 16.7. The summed E-state index contributed by atoms with van der Waals surface area (Å²) in [5.74, 6) is -0.0572. The van der Waals surface area contributed by atoms with Gasteiger partial charge in [0.15, 0.2) is 0 Å². The number of rotatable bonds is 3. The predicted octanol–water partition coefficient (Wildman–Crippen LogP) is 4.17. The van der Waals surface area contributed by atoms with Gasteiger partial charge in [0.25, 0.3) is 5.91 Å². The summed E-state index contributed by atoms with van der Waals surface area (Å²) in [6, 6.07) is 13.0. The van der Waals surface area contributed by atoms with E-state index in [1.54, 1.807) is 17.8 Å². The number of thioether (sulfide) groups is 1. The molecule has 3 nitrogen and oxygen atoms in total. The number of carbonyl (C=O) groups excluding carboxylic acids is 1. The van der Waals surface area contributed by atoms with Gasteiger partial charge in [0, 0.05) is 26.9 Å². The molecular weight excluding hydrogens is 292 g/mol. The number of benzene rings is 2. The summed E-state index contributed by atoms with van der Waals surface area (Å²) in [5.41, 5.74) is 2.66. The first-order valence-corrected chi connectivity index (χ1v) is 7.79. The monoisotopic (exact) mass is 304 g/mol. The standard InChI is InChI=1S/C15H13ClN2OS/c1-20-13-5-3-2-4-12(13)17-14-10-8-9(16)6-7-11(10)18-15(14)19/h2-8,14,17H,1H3,(H,18,19). The summed E-state index contributed by atoms with van der Waals surface area (Å²) in [7, 11) is 0. The Kier molecular flexibility index (Phi) is 3.59. The molecule has 1 amide bonds.